The van der Waals surface area contributed by atoms with E-state index in [-0.39, 0.29) is 11.2 Å². The van der Waals surface area contributed by atoms with Crippen LogP contribution in [-0.2, 0) is 20.6 Å². The van der Waals surface area contributed by atoms with Crippen LogP contribution in [-0.4, -0.2) is 23.1 Å². The standard InChI is InChI=1S/C18H19N5O2/c1-4-10-22-13(12-8-6-5-7-9-12)11-23-14-15(19-17(22)23)20(2)18(25)21(3)16(14)24/h5-9,11H,4,10H2,1-3H3. The van der Waals surface area contributed by atoms with Crippen molar-refractivity contribution in [3.63, 3.8) is 0 Å². The molecule has 0 aliphatic carbocycles. The predicted octanol–water partition coefficient (Wildman–Crippen LogP) is 1.76. The fourth-order valence-electron chi connectivity index (χ4n) is 3.30. The number of aryl methyl sites for hydroxylation is 2. The van der Waals surface area contributed by atoms with Crippen LogP contribution in [0.5, 0.6) is 0 Å². The van der Waals surface area contributed by atoms with Crippen LogP contribution < -0.4 is 11.2 Å². The maximum atomic E-state index is 12.7. The average Bonchev–Trinajstić information content (AvgIpc) is 3.16. The third-order valence-corrected chi connectivity index (χ3v) is 4.57. The van der Waals surface area contributed by atoms with Crippen LogP contribution in [0.3, 0.4) is 0 Å². The maximum absolute atomic E-state index is 12.7. The third kappa shape index (κ3) is 2.08. The zero-order chi connectivity index (χ0) is 17.7. The van der Waals surface area contributed by atoms with Crippen molar-refractivity contribution in [3.8, 4) is 11.3 Å². The minimum atomic E-state index is -0.372. The molecule has 3 heterocycles. The first-order chi connectivity index (χ1) is 12.0. The van der Waals surface area contributed by atoms with E-state index in [0.717, 1.165) is 28.8 Å². The van der Waals surface area contributed by atoms with Crippen LogP contribution in [0.15, 0.2) is 46.1 Å². The Bertz CT molecular complexity index is 1210. The topological polar surface area (TPSA) is 66.2 Å². The largest absolute Gasteiger partial charge is 0.332 e. The van der Waals surface area contributed by atoms with Crippen molar-refractivity contribution >= 4 is 16.9 Å². The number of hydrogen-bond donors (Lipinski definition) is 0. The van der Waals surface area contributed by atoms with Gasteiger partial charge >= 0.3 is 5.69 Å². The molecule has 0 aliphatic heterocycles. The second-order valence-electron chi connectivity index (χ2n) is 6.19. The molecule has 0 spiro atoms. The van der Waals surface area contributed by atoms with Gasteiger partial charge in [0.25, 0.3) is 5.56 Å². The van der Waals surface area contributed by atoms with E-state index < -0.39 is 0 Å². The average molecular weight is 337 g/mol. The van der Waals surface area contributed by atoms with Crippen LogP contribution in [0.25, 0.3) is 28.2 Å². The molecule has 4 aromatic rings. The lowest BCUT2D eigenvalue weighted by atomic mass is 10.2. The zero-order valence-corrected chi connectivity index (χ0v) is 14.4. The van der Waals surface area contributed by atoms with Gasteiger partial charge in [-0.15, -0.1) is 0 Å². The Hall–Kier alpha value is -3.09. The first-order valence-corrected chi connectivity index (χ1v) is 8.27. The summed E-state index contributed by atoms with van der Waals surface area (Å²) in [7, 11) is 3.13. The smallest absolute Gasteiger partial charge is 0.310 e. The van der Waals surface area contributed by atoms with Gasteiger partial charge in [0.2, 0.25) is 5.78 Å². The Morgan fingerprint density at radius 2 is 1.76 bits per heavy atom. The summed E-state index contributed by atoms with van der Waals surface area (Å²) >= 11 is 0. The normalized spacial score (nSPS) is 11.6. The first kappa shape index (κ1) is 15.4. The minimum absolute atomic E-state index is 0.334. The summed E-state index contributed by atoms with van der Waals surface area (Å²) < 4.78 is 6.44. The molecule has 4 rings (SSSR count). The van der Waals surface area contributed by atoms with Crippen molar-refractivity contribution in [1.82, 2.24) is 23.1 Å². The molecule has 25 heavy (non-hydrogen) atoms. The number of aromatic nitrogens is 5. The van der Waals surface area contributed by atoms with Gasteiger partial charge in [-0.1, -0.05) is 37.3 Å². The summed E-state index contributed by atoms with van der Waals surface area (Å²) in [5.41, 5.74) is 2.20. The Balaban J connectivity index is 2.17. The van der Waals surface area contributed by atoms with Gasteiger partial charge < -0.3 is 4.57 Å². The van der Waals surface area contributed by atoms with E-state index in [0.29, 0.717) is 16.9 Å². The van der Waals surface area contributed by atoms with Crippen LogP contribution in [0.4, 0.5) is 0 Å². The molecule has 7 heteroatoms. The molecule has 0 N–H and O–H groups in total. The van der Waals surface area contributed by atoms with Gasteiger partial charge in [-0.2, -0.15) is 4.98 Å². The molecule has 0 saturated heterocycles. The van der Waals surface area contributed by atoms with Gasteiger partial charge in [-0.3, -0.25) is 18.3 Å². The number of fused-ring (bicyclic) bond motifs is 3. The number of hydrogen-bond acceptors (Lipinski definition) is 3. The van der Waals surface area contributed by atoms with Crippen molar-refractivity contribution in [2.45, 2.75) is 19.9 Å². The molecule has 0 fully saturated rings. The zero-order valence-electron chi connectivity index (χ0n) is 14.4. The van der Waals surface area contributed by atoms with E-state index in [4.69, 9.17) is 0 Å². The minimum Gasteiger partial charge on any atom is -0.310 e. The summed E-state index contributed by atoms with van der Waals surface area (Å²) in [4.78, 5) is 29.5. The molecule has 7 nitrogen and oxygen atoms in total. The fraction of sp³-hybridized carbons (Fsp3) is 0.278. The van der Waals surface area contributed by atoms with Crippen molar-refractivity contribution in [2.75, 3.05) is 0 Å². The number of imidazole rings is 2. The Labute approximate surface area is 143 Å². The quantitative estimate of drug-likeness (QED) is 0.572. The molecule has 0 saturated carbocycles. The first-order valence-electron chi connectivity index (χ1n) is 8.27. The summed E-state index contributed by atoms with van der Waals surface area (Å²) in [5, 5.41) is 0. The highest BCUT2D eigenvalue weighted by Gasteiger charge is 2.20. The van der Waals surface area contributed by atoms with E-state index in [9.17, 15) is 9.59 Å². The molecule has 1 aromatic carbocycles. The van der Waals surface area contributed by atoms with Crippen LogP contribution in [0, 0.1) is 0 Å². The van der Waals surface area contributed by atoms with Gasteiger partial charge in [-0.25, -0.2) is 4.79 Å². The molecule has 0 radical (unpaired) electrons. The summed E-state index contributed by atoms with van der Waals surface area (Å²) in [6, 6.07) is 10.0. The van der Waals surface area contributed by atoms with Crippen molar-refractivity contribution < 1.29 is 0 Å². The molecular formula is C18H19N5O2. The SMILES string of the molecule is CCCn1c(-c2ccccc2)cn2c3c(=O)n(C)c(=O)n(C)c3nc12. The molecule has 0 bridgehead atoms. The van der Waals surface area contributed by atoms with E-state index in [1.165, 1.54) is 11.6 Å². The molecule has 0 unspecified atom stereocenters. The number of nitrogens with zero attached hydrogens (tertiary/aromatic N) is 5. The molecule has 3 aromatic heterocycles. The highest BCUT2D eigenvalue weighted by Crippen LogP contribution is 2.25. The lowest BCUT2D eigenvalue weighted by Crippen LogP contribution is -2.37. The summed E-state index contributed by atoms with van der Waals surface area (Å²) in [6.07, 6.45) is 2.87. The predicted molar refractivity (Wildman–Crippen MR) is 96.9 cm³/mol. The van der Waals surface area contributed by atoms with Crippen LogP contribution in [0.1, 0.15) is 13.3 Å². The molecule has 0 amide bonds. The fourth-order valence-corrected chi connectivity index (χ4v) is 3.30. The van der Waals surface area contributed by atoms with Crippen LogP contribution in [0.2, 0.25) is 0 Å². The highest BCUT2D eigenvalue weighted by molar-refractivity contribution is 5.78. The summed E-state index contributed by atoms with van der Waals surface area (Å²) in [5.74, 6) is 0.675. The molecule has 128 valence electrons. The second kappa shape index (κ2) is 5.47. The summed E-state index contributed by atoms with van der Waals surface area (Å²) in [6.45, 7) is 2.88. The molecule has 0 aliphatic rings. The van der Waals surface area contributed by atoms with Gasteiger partial charge in [0.05, 0.1) is 5.69 Å². The van der Waals surface area contributed by atoms with Gasteiger partial charge in [0.1, 0.15) is 0 Å². The number of benzene rings is 1. The van der Waals surface area contributed by atoms with Crippen molar-refractivity contribution in [3.05, 3.63) is 57.4 Å². The van der Waals surface area contributed by atoms with Crippen molar-refractivity contribution in [2.24, 2.45) is 14.1 Å². The second-order valence-corrected chi connectivity index (χ2v) is 6.19. The molecule has 0 atom stereocenters. The highest BCUT2D eigenvalue weighted by atomic mass is 16.2. The maximum Gasteiger partial charge on any atom is 0.332 e. The van der Waals surface area contributed by atoms with Gasteiger partial charge in [-0.05, 0) is 12.0 Å². The number of rotatable bonds is 3. The third-order valence-electron chi connectivity index (χ3n) is 4.57. The monoisotopic (exact) mass is 337 g/mol. The lowest BCUT2D eigenvalue weighted by Gasteiger charge is -2.07. The van der Waals surface area contributed by atoms with E-state index in [2.05, 4.69) is 16.5 Å². The van der Waals surface area contributed by atoms with E-state index >= 15 is 0 Å². The van der Waals surface area contributed by atoms with Gasteiger partial charge in [0, 0.05) is 26.8 Å². The Morgan fingerprint density at radius 3 is 2.44 bits per heavy atom. The Morgan fingerprint density at radius 1 is 1.04 bits per heavy atom. The van der Waals surface area contributed by atoms with Gasteiger partial charge in [0.15, 0.2) is 11.2 Å². The van der Waals surface area contributed by atoms with Crippen molar-refractivity contribution in [1.29, 1.82) is 0 Å². The lowest BCUT2D eigenvalue weighted by molar-refractivity contribution is 0.698. The Kier molecular flexibility index (Phi) is 3.38. The molecular weight excluding hydrogens is 318 g/mol. The van der Waals surface area contributed by atoms with E-state index in [1.807, 2.05) is 36.5 Å². The van der Waals surface area contributed by atoms with Crippen LogP contribution >= 0.6 is 0 Å². The van der Waals surface area contributed by atoms with E-state index in [1.54, 1.807) is 11.4 Å².